The van der Waals surface area contributed by atoms with E-state index in [-0.39, 0.29) is 0 Å². The lowest BCUT2D eigenvalue weighted by molar-refractivity contribution is 0.746. The minimum Gasteiger partial charge on any atom is -0.0616 e. The third-order valence-electron chi connectivity index (χ3n) is 7.57. The fourth-order valence-electron chi connectivity index (χ4n) is 6.31. The van der Waals surface area contributed by atoms with Crippen LogP contribution in [0.1, 0.15) is 0 Å². The van der Waals surface area contributed by atoms with Gasteiger partial charge in [-0.05, 0) is 89.0 Å². The fourth-order valence-corrected chi connectivity index (χ4v) is 6.31. The van der Waals surface area contributed by atoms with Crippen LogP contribution in [0.25, 0.3) is 43.8 Å². The van der Waals surface area contributed by atoms with Gasteiger partial charge in [-0.15, -0.1) is 0 Å². The van der Waals surface area contributed by atoms with Gasteiger partial charge in [0.15, 0.2) is 0 Å². The average Bonchev–Trinajstić information content (AvgIpc) is 3.28. The zero-order valence-corrected chi connectivity index (χ0v) is 16.4. The average molecular weight is 378 g/mol. The van der Waals surface area contributed by atoms with E-state index in [9.17, 15) is 0 Å². The van der Waals surface area contributed by atoms with E-state index >= 15 is 0 Å². The number of benzene rings is 4. The highest BCUT2D eigenvalue weighted by Gasteiger charge is 2.41. The van der Waals surface area contributed by atoms with Crippen molar-refractivity contribution in [3.63, 3.8) is 0 Å². The van der Waals surface area contributed by atoms with Gasteiger partial charge in [-0.3, -0.25) is 0 Å². The quantitative estimate of drug-likeness (QED) is 0.410. The summed E-state index contributed by atoms with van der Waals surface area (Å²) in [5.41, 5.74) is 6.00. The standard InChI is InChI=1S/C30H18/c1-2-6-18-14-20-16-28-26-12-10-24-22-8-4-3-7-21(22)23-9-11-25(30(26)29(23)24)27(28)15-19(20)13-17(18)5-1/h1-16,29-30H. The number of fused-ring (bicyclic) bond motifs is 4. The van der Waals surface area contributed by atoms with Crippen molar-refractivity contribution in [2.75, 3.05) is 0 Å². The summed E-state index contributed by atoms with van der Waals surface area (Å²) < 4.78 is 0. The van der Waals surface area contributed by atoms with E-state index in [2.05, 4.69) is 97.1 Å². The zero-order chi connectivity index (χ0) is 19.4. The Bertz CT molecular complexity index is 1660. The maximum atomic E-state index is 2.43. The lowest BCUT2D eigenvalue weighted by Crippen LogP contribution is -2.24. The molecule has 0 radical (unpaired) electrons. The highest BCUT2D eigenvalue weighted by molar-refractivity contribution is 6.02. The topological polar surface area (TPSA) is 0 Å². The highest BCUT2D eigenvalue weighted by atomic mass is 14.4. The second kappa shape index (κ2) is 5.09. The van der Waals surface area contributed by atoms with Gasteiger partial charge in [0.1, 0.15) is 0 Å². The molecule has 0 N–H and O–H groups in total. The molecule has 0 heteroatoms. The van der Waals surface area contributed by atoms with E-state index in [4.69, 9.17) is 0 Å². The van der Waals surface area contributed by atoms with E-state index in [1.165, 1.54) is 64.7 Å². The Morgan fingerprint density at radius 3 is 1.23 bits per heavy atom. The lowest BCUT2D eigenvalue weighted by atomic mass is 9.70. The Morgan fingerprint density at radius 1 is 0.367 bits per heavy atom. The van der Waals surface area contributed by atoms with E-state index in [0.29, 0.717) is 11.8 Å². The summed E-state index contributed by atoms with van der Waals surface area (Å²) in [4.78, 5) is 0. The van der Waals surface area contributed by atoms with Crippen LogP contribution in [-0.2, 0) is 0 Å². The van der Waals surface area contributed by atoms with Crippen molar-refractivity contribution >= 4 is 43.8 Å². The van der Waals surface area contributed by atoms with E-state index in [0.717, 1.165) is 0 Å². The predicted molar refractivity (Wildman–Crippen MR) is 125 cm³/mol. The van der Waals surface area contributed by atoms with Gasteiger partial charge in [-0.1, -0.05) is 72.8 Å². The fraction of sp³-hybridized carbons (Fsp3) is 0.0667. The molecule has 4 aromatic rings. The number of rotatable bonds is 0. The molecule has 0 unspecified atom stereocenters. The molecule has 0 fully saturated rings. The Kier molecular flexibility index (Phi) is 2.59. The number of allylic oxidation sites excluding steroid dienone is 4. The molecule has 30 heavy (non-hydrogen) atoms. The van der Waals surface area contributed by atoms with Crippen LogP contribution in [0.3, 0.4) is 0 Å². The first-order chi connectivity index (χ1) is 14.9. The van der Waals surface area contributed by atoms with E-state index in [1.807, 2.05) is 0 Å². The van der Waals surface area contributed by atoms with Crippen LogP contribution in [0, 0.1) is 11.8 Å². The van der Waals surface area contributed by atoms with Crippen molar-refractivity contribution in [2.45, 2.75) is 0 Å². The Hall–Kier alpha value is -3.64. The van der Waals surface area contributed by atoms with Gasteiger partial charge < -0.3 is 0 Å². The van der Waals surface area contributed by atoms with Gasteiger partial charge in [-0.2, -0.15) is 0 Å². The van der Waals surface area contributed by atoms with Crippen molar-refractivity contribution in [1.29, 1.82) is 0 Å². The molecule has 4 aliphatic carbocycles. The third-order valence-corrected chi connectivity index (χ3v) is 7.57. The minimum atomic E-state index is 0.457. The van der Waals surface area contributed by atoms with Crippen LogP contribution in [0.5, 0.6) is 0 Å². The first-order valence-electron chi connectivity index (χ1n) is 10.8. The van der Waals surface area contributed by atoms with Gasteiger partial charge in [0, 0.05) is 11.8 Å². The highest BCUT2D eigenvalue weighted by Crippen LogP contribution is 2.49. The Morgan fingerprint density at radius 2 is 0.767 bits per heavy atom. The summed E-state index contributed by atoms with van der Waals surface area (Å²) in [5, 5.41) is 11.0. The normalized spacial score (nSPS) is 22.1. The van der Waals surface area contributed by atoms with Gasteiger partial charge in [0.2, 0.25) is 0 Å². The van der Waals surface area contributed by atoms with Crippen molar-refractivity contribution in [3.8, 4) is 0 Å². The number of hydrogen-bond acceptors (Lipinski definition) is 0. The molecule has 138 valence electrons. The molecule has 0 amide bonds. The molecule has 0 bridgehead atoms. The van der Waals surface area contributed by atoms with Crippen molar-refractivity contribution in [3.05, 3.63) is 118 Å². The SMILES string of the molecule is C1=CC2=c3cc4cc5ccccc5cc4cc3=C3C=CC4=c5ccccc5=C1C4C23. The predicted octanol–water partition coefficient (Wildman–Crippen LogP) is 3.70. The molecule has 4 aliphatic rings. The molecule has 0 saturated carbocycles. The molecule has 0 aromatic heterocycles. The molecule has 0 aliphatic heterocycles. The van der Waals surface area contributed by atoms with Crippen molar-refractivity contribution in [2.24, 2.45) is 11.8 Å². The lowest BCUT2D eigenvalue weighted by Gasteiger charge is -2.33. The summed E-state index contributed by atoms with van der Waals surface area (Å²) in [6.07, 6.45) is 9.57. The van der Waals surface area contributed by atoms with Crippen LogP contribution < -0.4 is 20.9 Å². The molecule has 0 atom stereocenters. The summed E-state index contributed by atoms with van der Waals surface area (Å²) in [6.45, 7) is 0. The molecule has 8 rings (SSSR count). The van der Waals surface area contributed by atoms with Crippen molar-refractivity contribution in [1.82, 2.24) is 0 Å². The second-order valence-electron chi connectivity index (χ2n) is 8.93. The van der Waals surface area contributed by atoms with Gasteiger partial charge >= 0.3 is 0 Å². The van der Waals surface area contributed by atoms with Gasteiger partial charge in [0.25, 0.3) is 0 Å². The zero-order valence-electron chi connectivity index (χ0n) is 16.4. The van der Waals surface area contributed by atoms with Crippen LogP contribution >= 0.6 is 0 Å². The van der Waals surface area contributed by atoms with Crippen LogP contribution in [0.4, 0.5) is 0 Å². The Balaban J connectivity index is 1.53. The van der Waals surface area contributed by atoms with Gasteiger partial charge in [-0.25, -0.2) is 0 Å². The molecular formula is C30H18. The van der Waals surface area contributed by atoms with E-state index < -0.39 is 0 Å². The molecular weight excluding hydrogens is 360 g/mol. The summed E-state index contributed by atoms with van der Waals surface area (Å²) in [7, 11) is 0. The first-order valence-corrected chi connectivity index (χ1v) is 10.8. The second-order valence-corrected chi connectivity index (χ2v) is 8.93. The summed E-state index contributed by atoms with van der Waals surface area (Å²) >= 11 is 0. The first kappa shape index (κ1) is 15.2. The molecule has 0 heterocycles. The summed E-state index contributed by atoms with van der Waals surface area (Å²) in [6, 6.07) is 27.2. The molecule has 0 saturated heterocycles. The van der Waals surface area contributed by atoms with E-state index in [1.54, 1.807) is 0 Å². The summed E-state index contributed by atoms with van der Waals surface area (Å²) in [5.74, 6) is 0.926. The van der Waals surface area contributed by atoms with Crippen LogP contribution in [0.15, 0.2) is 97.1 Å². The monoisotopic (exact) mass is 378 g/mol. The Labute approximate surface area is 173 Å². The maximum Gasteiger partial charge on any atom is 0.0211 e. The van der Waals surface area contributed by atoms with Crippen LogP contribution in [0.2, 0.25) is 0 Å². The third kappa shape index (κ3) is 1.70. The largest absolute Gasteiger partial charge is 0.0616 e. The smallest absolute Gasteiger partial charge is 0.0211 e. The van der Waals surface area contributed by atoms with Crippen LogP contribution in [-0.4, -0.2) is 0 Å². The van der Waals surface area contributed by atoms with Gasteiger partial charge in [0.05, 0.1) is 0 Å². The molecule has 0 nitrogen and oxygen atoms in total. The minimum absolute atomic E-state index is 0.457. The van der Waals surface area contributed by atoms with Crippen molar-refractivity contribution < 1.29 is 0 Å². The maximum absolute atomic E-state index is 2.43. The number of hydrogen-bond donors (Lipinski definition) is 0. The molecule has 0 spiro atoms. The molecule has 4 aromatic carbocycles.